The molecule has 0 aliphatic heterocycles. The fourth-order valence-electron chi connectivity index (χ4n) is 1.45. The van der Waals surface area contributed by atoms with Gasteiger partial charge in [-0.25, -0.2) is 4.98 Å². The van der Waals surface area contributed by atoms with Gasteiger partial charge in [0.2, 0.25) is 5.91 Å². The summed E-state index contributed by atoms with van der Waals surface area (Å²) < 4.78 is 5.15. The Morgan fingerprint density at radius 3 is 2.47 bits per heavy atom. The topological polar surface area (TPSA) is 59.5 Å². The lowest BCUT2D eigenvalue weighted by Gasteiger charge is -2.20. The zero-order valence-corrected chi connectivity index (χ0v) is 11.8. The minimum Gasteiger partial charge on any atom is -0.460 e. The highest BCUT2D eigenvalue weighted by Crippen LogP contribution is 2.12. The first-order valence-corrected chi connectivity index (χ1v) is 6.19. The van der Waals surface area contributed by atoms with Crippen LogP contribution in [0.25, 0.3) is 0 Å². The number of aromatic nitrogens is 1. The monoisotopic (exact) mass is 264 g/mol. The fraction of sp³-hybridized carbons (Fsp3) is 0.500. The molecule has 0 unspecified atom stereocenters. The standard InChI is InChI=1S/C14H20N2O3/c1-14(2,3)19-13(18)9-8-12(17)16(4)11-7-5-6-10-15-11/h5-7,10H,8-9H2,1-4H3. The average molecular weight is 264 g/mol. The van der Waals surface area contributed by atoms with Gasteiger partial charge in [0, 0.05) is 19.7 Å². The third-order valence-electron chi connectivity index (χ3n) is 2.33. The van der Waals surface area contributed by atoms with Gasteiger partial charge in [0.25, 0.3) is 0 Å². The van der Waals surface area contributed by atoms with Gasteiger partial charge in [0.05, 0.1) is 6.42 Å². The first-order chi connectivity index (χ1) is 8.79. The Bertz CT molecular complexity index is 438. The van der Waals surface area contributed by atoms with Crippen LogP contribution in [0.15, 0.2) is 24.4 Å². The van der Waals surface area contributed by atoms with Crippen LogP contribution in [0.4, 0.5) is 5.82 Å². The van der Waals surface area contributed by atoms with Crippen molar-refractivity contribution in [3.05, 3.63) is 24.4 Å². The Labute approximate surface area is 113 Å². The summed E-state index contributed by atoms with van der Waals surface area (Å²) in [6.45, 7) is 5.40. The molecule has 19 heavy (non-hydrogen) atoms. The SMILES string of the molecule is CN(C(=O)CCC(=O)OC(C)(C)C)c1ccccn1. The van der Waals surface area contributed by atoms with Crippen molar-refractivity contribution in [3.63, 3.8) is 0 Å². The molecule has 0 saturated heterocycles. The fourth-order valence-corrected chi connectivity index (χ4v) is 1.45. The van der Waals surface area contributed by atoms with Gasteiger partial charge < -0.3 is 4.74 Å². The summed E-state index contributed by atoms with van der Waals surface area (Å²) in [4.78, 5) is 28.9. The van der Waals surface area contributed by atoms with Crippen molar-refractivity contribution in [2.45, 2.75) is 39.2 Å². The number of pyridine rings is 1. The first kappa shape index (κ1) is 15.1. The van der Waals surface area contributed by atoms with Crippen LogP contribution in [0.1, 0.15) is 33.6 Å². The van der Waals surface area contributed by atoms with E-state index < -0.39 is 5.60 Å². The van der Waals surface area contributed by atoms with Crippen LogP contribution in [-0.4, -0.2) is 29.5 Å². The molecule has 5 nitrogen and oxygen atoms in total. The quantitative estimate of drug-likeness (QED) is 0.782. The van der Waals surface area contributed by atoms with E-state index in [2.05, 4.69) is 4.98 Å². The predicted molar refractivity (Wildman–Crippen MR) is 72.7 cm³/mol. The molecule has 104 valence electrons. The second kappa shape index (κ2) is 6.31. The predicted octanol–water partition coefficient (Wildman–Crippen LogP) is 2.17. The van der Waals surface area contributed by atoms with Crippen molar-refractivity contribution in [2.75, 3.05) is 11.9 Å². The van der Waals surface area contributed by atoms with E-state index in [0.29, 0.717) is 5.82 Å². The molecule has 1 amide bonds. The molecule has 0 N–H and O–H groups in total. The van der Waals surface area contributed by atoms with Gasteiger partial charge in [-0.2, -0.15) is 0 Å². The number of rotatable bonds is 4. The van der Waals surface area contributed by atoms with Gasteiger partial charge in [-0.15, -0.1) is 0 Å². The Hall–Kier alpha value is -1.91. The summed E-state index contributed by atoms with van der Waals surface area (Å²) in [6, 6.07) is 5.33. The van der Waals surface area contributed by atoms with Crippen LogP contribution in [0.3, 0.4) is 0 Å². The second-order valence-corrected chi connectivity index (χ2v) is 5.23. The van der Waals surface area contributed by atoms with Crippen molar-refractivity contribution in [3.8, 4) is 0 Å². The molecule has 0 aliphatic carbocycles. The molecule has 1 aromatic rings. The average Bonchev–Trinajstić information content (AvgIpc) is 2.34. The summed E-state index contributed by atoms with van der Waals surface area (Å²) in [5.41, 5.74) is -0.521. The van der Waals surface area contributed by atoms with Crippen LogP contribution in [0.5, 0.6) is 0 Å². The van der Waals surface area contributed by atoms with E-state index in [-0.39, 0.29) is 24.7 Å². The van der Waals surface area contributed by atoms with Crippen molar-refractivity contribution < 1.29 is 14.3 Å². The molecule has 1 aromatic heterocycles. The van der Waals surface area contributed by atoms with Crippen molar-refractivity contribution in [1.29, 1.82) is 0 Å². The van der Waals surface area contributed by atoms with E-state index in [4.69, 9.17) is 4.74 Å². The Morgan fingerprint density at radius 2 is 1.95 bits per heavy atom. The molecule has 0 atom stereocenters. The molecule has 0 bridgehead atoms. The molecule has 0 radical (unpaired) electrons. The van der Waals surface area contributed by atoms with Crippen LogP contribution < -0.4 is 4.90 Å². The minimum atomic E-state index is -0.521. The largest absolute Gasteiger partial charge is 0.460 e. The van der Waals surface area contributed by atoms with Crippen LogP contribution in [0.2, 0.25) is 0 Å². The lowest BCUT2D eigenvalue weighted by atomic mass is 10.2. The number of hydrogen-bond acceptors (Lipinski definition) is 4. The van der Waals surface area contributed by atoms with E-state index in [1.165, 1.54) is 4.90 Å². The van der Waals surface area contributed by atoms with Gasteiger partial charge in [-0.1, -0.05) is 6.07 Å². The summed E-state index contributed by atoms with van der Waals surface area (Å²) in [6.07, 6.45) is 1.81. The highest BCUT2D eigenvalue weighted by molar-refractivity contribution is 5.93. The van der Waals surface area contributed by atoms with Crippen LogP contribution in [0, 0.1) is 0 Å². The number of carbonyl (C=O) groups excluding carboxylic acids is 2. The number of anilines is 1. The molecule has 1 rings (SSSR count). The summed E-state index contributed by atoms with van der Waals surface area (Å²) >= 11 is 0. The number of esters is 1. The number of carbonyl (C=O) groups is 2. The van der Waals surface area contributed by atoms with Crippen LogP contribution >= 0.6 is 0 Å². The highest BCUT2D eigenvalue weighted by Gasteiger charge is 2.18. The maximum absolute atomic E-state index is 11.9. The maximum Gasteiger partial charge on any atom is 0.306 e. The van der Waals surface area contributed by atoms with Gasteiger partial charge in [0.15, 0.2) is 0 Å². The molecular weight excluding hydrogens is 244 g/mol. The number of nitrogens with zero attached hydrogens (tertiary/aromatic N) is 2. The number of ether oxygens (including phenoxy) is 1. The van der Waals surface area contributed by atoms with E-state index in [1.54, 1.807) is 52.2 Å². The second-order valence-electron chi connectivity index (χ2n) is 5.23. The normalized spacial score (nSPS) is 10.9. The van der Waals surface area contributed by atoms with Crippen molar-refractivity contribution >= 4 is 17.7 Å². The summed E-state index contributed by atoms with van der Waals surface area (Å²) in [5, 5.41) is 0. The molecule has 0 spiro atoms. The number of hydrogen-bond donors (Lipinski definition) is 0. The third kappa shape index (κ3) is 5.50. The highest BCUT2D eigenvalue weighted by atomic mass is 16.6. The zero-order chi connectivity index (χ0) is 14.5. The van der Waals surface area contributed by atoms with E-state index in [0.717, 1.165) is 0 Å². The van der Waals surface area contributed by atoms with Gasteiger partial charge in [-0.05, 0) is 32.9 Å². The van der Waals surface area contributed by atoms with Gasteiger partial charge in [-0.3, -0.25) is 14.5 Å². The van der Waals surface area contributed by atoms with E-state index in [9.17, 15) is 9.59 Å². The van der Waals surface area contributed by atoms with Crippen molar-refractivity contribution in [1.82, 2.24) is 4.98 Å². The van der Waals surface area contributed by atoms with E-state index in [1.807, 2.05) is 0 Å². The maximum atomic E-state index is 11.9. The Balaban J connectivity index is 2.46. The molecule has 0 fully saturated rings. The molecule has 1 heterocycles. The molecule has 5 heteroatoms. The van der Waals surface area contributed by atoms with Crippen LogP contribution in [-0.2, 0) is 14.3 Å². The molecular formula is C14H20N2O3. The summed E-state index contributed by atoms with van der Waals surface area (Å²) in [7, 11) is 1.64. The smallest absolute Gasteiger partial charge is 0.306 e. The lowest BCUT2D eigenvalue weighted by molar-refractivity contribution is -0.155. The molecule has 0 saturated carbocycles. The summed E-state index contributed by atoms with van der Waals surface area (Å²) in [5.74, 6) is 0.0384. The zero-order valence-electron chi connectivity index (χ0n) is 11.8. The Kier molecular flexibility index (Phi) is 5.03. The first-order valence-electron chi connectivity index (χ1n) is 6.19. The Morgan fingerprint density at radius 1 is 1.26 bits per heavy atom. The number of amides is 1. The van der Waals surface area contributed by atoms with Gasteiger partial charge in [0.1, 0.15) is 11.4 Å². The van der Waals surface area contributed by atoms with E-state index >= 15 is 0 Å². The van der Waals surface area contributed by atoms with Gasteiger partial charge >= 0.3 is 5.97 Å². The third-order valence-corrected chi connectivity index (χ3v) is 2.33. The molecule has 0 aromatic carbocycles. The van der Waals surface area contributed by atoms with Crippen molar-refractivity contribution in [2.24, 2.45) is 0 Å². The lowest BCUT2D eigenvalue weighted by Crippen LogP contribution is -2.29. The minimum absolute atomic E-state index is 0.0767. The molecule has 0 aliphatic rings.